The fraction of sp³-hybridized carbons (Fsp3) is 0.500. The van der Waals surface area contributed by atoms with Gasteiger partial charge in [-0.1, -0.05) is 0 Å². The van der Waals surface area contributed by atoms with Crippen molar-refractivity contribution in [2.75, 3.05) is 19.8 Å². The van der Waals surface area contributed by atoms with Crippen LogP contribution in [0.15, 0.2) is 24.3 Å². The summed E-state index contributed by atoms with van der Waals surface area (Å²) in [7, 11) is 0. The van der Waals surface area contributed by atoms with Gasteiger partial charge in [0.1, 0.15) is 11.4 Å². The molecule has 0 aliphatic carbocycles. The third-order valence-electron chi connectivity index (χ3n) is 4.63. The third kappa shape index (κ3) is 3.20. The van der Waals surface area contributed by atoms with E-state index in [1.165, 1.54) is 0 Å². The number of benzene rings is 1. The summed E-state index contributed by atoms with van der Waals surface area (Å²) in [4.78, 5) is 17.9. The summed E-state index contributed by atoms with van der Waals surface area (Å²) in [6, 6.07) is 7.90. The molecular weight excluding hydrogens is 292 g/mol. The maximum atomic E-state index is 12.8. The largest absolute Gasteiger partial charge is 0.494 e. The number of aromatic nitrogens is 1. The van der Waals surface area contributed by atoms with Gasteiger partial charge in [0, 0.05) is 36.2 Å². The average Bonchev–Trinajstić information content (AvgIpc) is 2.98. The van der Waals surface area contributed by atoms with E-state index in [2.05, 4.69) is 11.9 Å². The van der Waals surface area contributed by atoms with Crippen LogP contribution in [0.5, 0.6) is 5.75 Å². The molecule has 124 valence electrons. The molecule has 2 N–H and O–H groups in total. The SMILES string of the molecule is CCOc1ccc2cc(C(=O)N3CC(CO)CCC3C)[nH]c2c1. The van der Waals surface area contributed by atoms with Crippen LogP contribution in [-0.2, 0) is 0 Å². The summed E-state index contributed by atoms with van der Waals surface area (Å²) in [5.74, 6) is 0.987. The molecule has 3 rings (SSSR count). The van der Waals surface area contributed by atoms with Gasteiger partial charge >= 0.3 is 0 Å². The van der Waals surface area contributed by atoms with Gasteiger partial charge in [-0.2, -0.15) is 0 Å². The molecule has 0 radical (unpaired) electrons. The Labute approximate surface area is 136 Å². The molecule has 1 aromatic heterocycles. The third-order valence-corrected chi connectivity index (χ3v) is 4.63. The normalized spacial score (nSPS) is 21.6. The summed E-state index contributed by atoms with van der Waals surface area (Å²) in [6.07, 6.45) is 1.91. The Kier molecular flexibility index (Phi) is 4.57. The second-order valence-corrected chi connectivity index (χ2v) is 6.30. The lowest BCUT2D eigenvalue weighted by atomic mass is 9.94. The Hall–Kier alpha value is -2.01. The zero-order valence-electron chi connectivity index (χ0n) is 13.7. The highest BCUT2D eigenvalue weighted by molar-refractivity contribution is 5.98. The number of fused-ring (bicyclic) bond motifs is 1. The first kappa shape index (κ1) is 15.9. The van der Waals surface area contributed by atoms with Crippen molar-refractivity contribution in [1.82, 2.24) is 9.88 Å². The predicted octanol–water partition coefficient (Wildman–Crippen LogP) is 2.80. The van der Waals surface area contributed by atoms with Crippen molar-refractivity contribution in [1.29, 1.82) is 0 Å². The van der Waals surface area contributed by atoms with E-state index < -0.39 is 0 Å². The molecule has 5 heteroatoms. The number of aliphatic hydroxyl groups excluding tert-OH is 1. The summed E-state index contributed by atoms with van der Waals surface area (Å²) in [6.45, 7) is 5.40. The van der Waals surface area contributed by atoms with Crippen molar-refractivity contribution in [2.45, 2.75) is 32.7 Å². The first-order valence-electron chi connectivity index (χ1n) is 8.29. The van der Waals surface area contributed by atoms with Crippen LogP contribution in [0.2, 0.25) is 0 Å². The molecule has 2 aromatic rings. The van der Waals surface area contributed by atoms with Crippen molar-refractivity contribution < 1.29 is 14.6 Å². The number of carbonyl (C=O) groups is 1. The van der Waals surface area contributed by atoms with E-state index in [-0.39, 0.29) is 24.5 Å². The first-order valence-corrected chi connectivity index (χ1v) is 8.29. The van der Waals surface area contributed by atoms with Gasteiger partial charge in [-0.05, 0) is 50.8 Å². The highest BCUT2D eigenvalue weighted by Gasteiger charge is 2.29. The molecule has 1 amide bonds. The minimum absolute atomic E-state index is 0.00445. The molecule has 2 heterocycles. The zero-order valence-corrected chi connectivity index (χ0v) is 13.7. The van der Waals surface area contributed by atoms with Crippen molar-refractivity contribution in [3.05, 3.63) is 30.0 Å². The lowest BCUT2D eigenvalue weighted by molar-refractivity contribution is 0.0484. The number of rotatable bonds is 4. The molecule has 1 saturated heterocycles. The highest BCUT2D eigenvalue weighted by Crippen LogP contribution is 2.26. The predicted molar refractivity (Wildman–Crippen MR) is 89.8 cm³/mol. The van der Waals surface area contributed by atoms with Crippen molar-refractivity contribution in [3.63, 3.8) is 0 Å². The smallest absolute Gasteiger partial charge is 0.270 e. The van der Waals surface area contributed by atoms with E-state index in [4.69, 9.17) is 4.74 Å². The number of carbonyl (C=O) groups excluding carboxylic acids is 1. The summed E-state index contributed by atoms with van der Waals surface area (Å²) < 4.78 is 5.50. The molecule has 2 unspecified atom stereocenters. The maximum absolute atomic E-state index is 12.8. The molecule has 23 heavy (non-hydrogen) atoms. The van der Waals surface area contributed by atoms with Gasteiger partial charge < -0.3 is 19.7 Å². The second kappa shape index (κ2) is 6.62. The van der Waals surface area contributed by atoms with Crippen LogP contribution in [0.3, 0.4) is 0 Å². The van der Waals surface area contributed by atoms with Crippen LogP contribution in [-0.4, -0.2) is 46.7 Å². The van der Waals surface area contributed by atoms with Gasteiger partial charge in [0.05, 0.1) is 6.61 Å². The van der Waals surface area contributed by atoms with Crippen molar-refractivity contribution >= 4 is 16.8 Å². The molecule has 1 aliphatic rings. The summed E-state index contributed by atoms with van der Waals surface area (Å²) >= 11 is 0. The number of nitrogens with one attached hydrogen (secondary N) is 1. The Bertz CT molecular complexity index is 695. The second-order valence-electron chi connectivity index (χ2n) is 6.30. The van der Waals surface area contributed by atoms with Crippen LogP contribution in [0.4, 0.5) is 0 Å². The van der Waals surface area contributed by atoms with E-state index in [1.54, 1.807) is 0 Å². The number of piperidine rings is 1. The topological polar surface area (TPSA) is 65.6 Å². The van der Waals surface area contributed by atoms with Crippen LogP contribution >= 0.6 is 0 Å². The number of H-pyrrole nitrogens is 1. The maximum Gasteiger partial charge on any atom is 0.270 e. The van der Waals surface area contributed by atoms with Crippen LogP contribution in [0.25, 0.3) is 10.9 Å². The number of ether oxygens (including phenoxy) is 1. The average molecular weight is 316 g/mol. The minimum atomic E-state index is 0.00445. The molecule has 1 aliphatic heterocycles. The quantitative estimate of drug-likeness (QED) is 0.911. The number of aromatic amines is 1. The number of aliphatic hydroxyl groups is 1. The molecule has 2 atom stereocenters. The lowest BCUT2D eigenvalue weighted by Gasteiger charge is -2.37. The molecule has 0 saturated carbocycles. The van der Waals surface area contributed by atoms with Gasteiger partial charge in [0.15, 0.2) is 0 Å². The molecule has 5 nitrogen and oxygen atoms in total. The standard InChI is InChI=1S/C18H24N2O3/c1-3-23-15-7-6-14-8-17(19-16(14)9-15)18(22)20-10-13(11-21)5-4-12(20)2/h6-9,12-13,19,21H,3-5,10-11H2,1-2H3. The van der Waals surface area contributed by atoms with E-state index in [1.807, 2.05) is 36.1 Å². The lowest BCUT2D eigenvalue weighted by Crippen LogP contribution is -2.46. The van der Waals surface area contributed by atoms with Gasteiger partial charge in [0.2, 0.25) is 0 Å². The molecular formula is C18H24N2O3. The van der Waals surface area contributed by atoms with Gasteiger partial charge in [0.25, 0.3) is 5.91 Å². The van der Waals surface area contributed by atoms with Crippen LogP contribution < -0.4 is 4.74 Å². The van der Waals surface area contributed by atoms with Crippen LogP contribution in [0.1, 0.15) is 37.2 Å². The number of likely N-dealkylation sites (tertiary alicyclic amines) is 1. The summed E-state index contributed by atoms with van der Waals surface area (Å²) in [5, 5.41) is 10.4. The Morgan fingerprint density at radius 1 is 1.39 bits per heavy atom. The van der Waals surface area contributed by atoms with Gasteiger partial charge in [-0.25, -0.2) is 0 Å². The first-order chi connectivity index (χ1) is 11.1. The summed E-state index contributed by atoms with van der Waals surface area (Å²) in [5.41, 5.74) is 1.50. The van der Waals surface area contributed by atoms with Gasteiger partial charge in [-0.15, -0.1) is 0 Å². The number of nitrogens with zero attached hydrogens (tertiary/aromatic N) is 1. The van der Waals surface area contributed by atoms with Crippen LogP contribution in [0, 0.1) is 5.92 Å². The Morgan fingerprint density at radius 3 is 2.96 bits per heavy atom. The number of hydrogen-bond acceptors (Lipinski definition) is 3. The Morgan fingerprint density at radius 2 is 2.22 bits per heavy atom. The molecule has 1 fully saturated rings. The van der Waals surface area contributed by atoms with Crippen molar-refractivity contribution in [3.8, 4) is 5.75 Å². The van der Waals surface area contributed by atoms with E-state index in [0.717, 1.165) is 29.5 Å². The molecule has 0 bridgehead atoms. The fourth-order valence-electron chi connectivity index (χ4n) is 3.25. The van der Waals surface area contributed by atoms with Gasteiger partial charge in [-0.3, -0.25) is 4.79 Å². The number of hydrogen-bond donors (Lipinski definition) is 2. The van der Waals surface area contributed by atoms with Crippen molar-refractivity contribution in [2.24, 2.45) is 5.92 Å². The molecule has 0 spiro atoms. The van der Waals surface area contributed by atoms with E-state index in [0.29, 0.717) is 18.8 Å². The van der Waals surface area contributed by atoms with E-state index in [9.17, 15) is 9.90 Å². The van der Waals surface area contributed by atoms with E-state index >= 15 is 0 Å². The Balaban J connectivity index is 1.85. The monoisotopic (exact) mass is 316 g/mol. The minimum Gasteiger partial charge on any atom is -0.494 e. The highest BCUT2D eigenvalue weighted by atomic mass is 16.5. The fourth-order valence-corrected chi connectivity index (χ4v) is 3.25. The zero-order chi connectivity index (χ0) is 16.4. The number of amides is 1. The molecule has 1 aromatic carbocycles.